The molecule has 0 saturated carbocycles. The molecule has 0 fully saturated rings. The fourth-order valence-corrected chi connectivity index (χ4v) is 7.16. The highest BCUT2D eigenvalue weighted by atomic mass is 32.2. The minimum atomic E-state index is -4.09. The van der Waals surface area contributed by atoms with Crippen LogP contribution in [-0.4, -0.2) is 35.9 Å². The molecule has 9 heteroatoms. The molecule has 2 unspecified atom stereocenters. The molecule has 1 aliphatic heterocycles. The lowest BCUT2D eigenvalue weighted by Gasteiger charge is -2.44. The standard InChI is InChI=1S/C36H33N3O5S/c1-2-30(25-13-11-18-29(22-25)39-45(42,43)35-37-24-26-12-9-10-19-31(26)38-35)34-32(41)23-36(44-33(34)20-21-40,27-14-5-3-6-15-27)28-16-7-4-8-17-28/h3-19,21-22,24,30,33,39,41H,2,20,23H2,1H3. The number of ether oxygens (including phenoxy) is 1. The van der Waals surface area contributed by atoms with E-state index < -0.39 is 21.7 Å². The first-order valence-corrected chi connectivity index (χ1v) is 16.3. The second-order valence-corrected chi connectivity index (χ2v) is 12.6. The fourth-order valence-electron chi connectivity index (χ4n) is 6.22. The van der Waals surface area contributed by atoms with Crippen molar-refractivity contribution < 1.29 is 23.1 Å². The molecule has 2 N–H and O–H groups in total. The van der Waals surface area contributed by atoms with Gasteiger partial charge in [-0.15, -0.1) is 0 Å². The van der Waals surface area contributed by atoms with Crippen LogP contribution in [-0.2, 0) is 25.2 Å². The summed E-state index contributed by atoms with van der Waals surface area (Å²) in [5.74, 6) is -0.191. The summed E-state index contributed by atoms with van der Waals surface area (Å²) in [6.45, 7) is 1.99. The van der Waals surface area contributed by atoms with E-state index in [4.69, 9.17) is 4.74 Å². The number of sulfonamides is 1. The number of aliphatic hydroxyl groups is 1. The predicted octanol–water partition coefficient (Wildman–Crippen LogP) is 7.06. The summed E-state index contributed by atoms with van der Waals surface area (Å²) in [4.78, 5) is 20.3. The van der Waals surface area contributed by atoms with Gasteiger partial charge in [-0.1, -0.05) is 97.9 Å². The Kier molecular flexibility index (Phi) is 8.47. The monoisotopic (exact) mass is 619 g/mol. The van der Waals surface area contributed by atoms with Gasteiger partial charge in [0, 0.05) is 41.6 Å². The highest BCUT2D eigenvalue weighted by Gasteiger charge is 2.45. The van der Waals surface area contributed by atoms with Gasteiger partial charge in [-0.25, -0.2) is 9.97 Å². The number of hydrogen-bond donors (Lipinski definition) is 2. The van der Waals surface area contributed by atoms with Gasteiger partial charge in [0.1, 0.15) is 11.9 Å². The summed E-state index contributed by atoms with van der Waals surface area (Å²) in [7, 11) is -4.09. The Bertz CT molecular complexity index is 1920. The molecule has 8 nitrogen and oxygen atoms in total. The number of nitrogens with one attached hydrogen (secondary N) is 1. The van der Waals surface area contributed by atoms with Crippen molar-refractivity contribution in [1.29, 1.82) is 0 Å². The first-order valence-electron chi connectivity index (χ1n) is 14.8. The number of rotatable bonds is 10. The number of hydrogen-bond acceptors (Lipinski definition) is 7. The van der Waals surface area contributed by atoms with E-state index in [1.165, 1.54) is 6.20 Å². The molecule has 0 bridgehead atoms. The molecule has 4 aromatic carbocycles. The number of para-hydroxylation sites is 1. The van der Waals surface area contributed by atoms with Crippen molar-refractivity contribution in [1.82, 2.24) is 9.97 Å². The van der Waals surface area contributed by atoms with Gasteiger partial charge < -0.3 is 14.6 Å². The molecule has 0 amide bonds. The Morgan fingerprint density at radius 1 is 0.956 bits per heavy atom. The maximum Gasteiger partial charge on any atom is 0.297 e. The second-order valence-electron chi connectivity index (χ2n) is 11.0. The lowest BCUT2D eigenvalue weighted by atomic mass is 9.75. The second kappa shape index (κ2) is 12.6. The third-order valence-electron chi connectivity index (χ3n) is 8.26. The Hall–Kier alpha value is -4.86. The molecule has 45 heavy (non-hydrogen) atoms. The third kappa shape index (κ3) is 5.96. The molecule has 1 aromatic heterocycles. The van der Waals surface area contributed by atoms with E-state index in [2.05, 4.69) is 14.7 Å². The molecule has 0 aliphatic carbocycles. The minimum Gasteiger partial charge on any atom is -0.512 e. The highest BCUT2D eigenvalue weighted by Crippen LogP contribution is 2.49. The molecule has 228 valence electrons. The van der Waals surface area contributed by atoms with E-state index in [0.29, 0.717) is 23.2 Å². The van der Waals surface area contributed by atoms with Crippen LogP contribution in [0.5, 0.6) is 0 Å². The van der Waals surface area contributed by atoms with Gasteiger partial charge in [-0.05, 0) is 41.3 Å². The van der Waals surface area contributed by atoms with Gasteiger partial charge in [0.15, 0.2) is 0 Å². The summed E-state index contributed by atoms with van der Waals surface area (Å²) in [5, 5.41) is 12.2. The van der Waals surface area contributed by atoms with Crippen molar-refractivity contribution in [3.63, 3.8) is 0 Å². The van der Waals surface area contributed by atoms with Crippen LogP contribution in [0.4, 0.5) is 5.69 Å². The van der Waals surface area contributed by atoms with E-state index >= 15 is 0 Å². The molecule has 6 rings (SSSR count). The first kappa shape index (κ1) is 30.2. The molecule has 0 spiro atoms. The zero-order valence-electron chi connectivity index (χ0n) is 24.7. The van der Waals surface area contributed by atoms with E-state index in [1.807, 2.05) is 85.8 Å². The summed E-state index contributed by atoms with van der Waals surface area (Å²) in [6, 6.07) is 33.6. The normalized spacial score (nSPS) is 17.1. The van der Waals surface area contributed by atoms with E-state index in [0.717, 1.165) is 28.4 Å². The molecule has 1 aliphatic rings. The molecule has 0 radical (unpaired) electrons. The minimum absolute atomic E-state index is 0.0446. The van der Waals surface area contributed by atoms with Gasteiger partial charge in [-0.3, -0.25) is 4.72 Å². The fraction of sp³-hybridized carbons (Fsp3) is 0.194. The van der Waals surface area contributed by atoms with Crippen molar-refractivity contribution in [3.05, 3.63) is 143 Å². The lowest BCUT2D eigenvalue weighted by molar-refractivity contribution is -0.116. The number of aldehydes is 1. The van der Waals surface area contributed by atoms with Crippen LogP contribution in [0.2, 0.25) is 0 Å². The largest absolute Gasteiger partial charge is 0.512 e. The summed E-state index contributed by atoms with van der Waals surface area (Å²) >= 11 is 0. The van der Waals surface area contributed by atoms with Gasteiger partial charge in [0.05, 0.1) is 17.4 Å². The third-order valence-corrected chi connectivity index (χ3v) is 9.44. The summed E-state index contributed by atoms with van der Waals surface area (Å²) in [5.41, 5.74) is 2.98. The average Bonchev–Trinajstić information content (AvgIpc) is 3.07. The molecule has 2 atom stereocenters. The zero-order valence-corrected chi connectivity index (χ0v) is 25.5. The number of aliphatic hydroxyl groups excluding tert-OH is 1. The zero-order chi connectivity index (χ0) is 31.4. The van der Waals surface area contributed by atoms with Gasteiger partial charge in [0.2, 0.25) is 0 Å². The van der Waals surface area contributed by atoms with Crippen LogP contribution in [0.15, 0.2) is 132 Å². The number of carbonyl (C=O) groups is 1. The highest BCUT2D eigenvalue weighted by molar-refractivity contribution is 7.92. The molecular weight excluding hydrogens is 586 g/mol. The molecular formula is C36H33N3O5S. The lowest BCUT2D eigenvalue weighted by Crippen LogP contribution is -2.42. The predicted molar refractivity (Wildman–Crippen MR) is 173 cm³/mol. The number of fused-ring (bicyclic) bond motifs is 1. The number of aromatic nitrogens is 2. The van der Waals surface area contributed by atoms with Crippen LogP contribution in [0.3, 0.4) is 0 Å². The van der Waals surface area contributed by atoms with Crippen LogP contribution in [0.1, 0.15) is 48.8 Å². The number of anilines is 1. The Balaban J connectivity index is 1.37. The average molecular weight is 620 g/mol. The van der Waals surface area contributed by atoms with Crippen molar-refractivity contribution in [2.45, 2.75) is 49.0 Å². The molecule has 0 saturated heterocycles. The Morgan fingerprint density at radius 2 is 1.62 bits per heavy atom. The summed E-state index contributed by atoms with van der Waals surface area (Å²) in [6.07, 6.45) is 2.37. The topological polar surface area (TPSA) is 118 Å². The van der Waals surface area contributed by atoms with Crippen LogP contribution >= 0.6 is 0 Å². The van der Waals surface area contributed by atoms with Crippen LogP contribution in [0, 0.1) is 0 Å². The van der Waals surface area contributed by atoms with E-state index in [9.17, 15) is 18.3 Å². The van der Waals surface area contributed by atoms with Crippen molar-refractivity contribution in [2.24, 2.45) is 0 Å². The van der Waals surface area contributed by atoms with Gasteiger partial charge in [0.25, 0.3) is 15.2 Å². The molecule has 2 heterocycles. The Morgan fingerprint density at radius 3 is 2.29 bits per heavy atom. The smallest absolute Gasteiger partial charge is 0.297 e. The Labute approximate surface area is 262 Å². The first-order chi connectivity index (χ1) is 21.8. The van der Waals surface area contributed by atoms with Crippen molar-refractivity contribution in [3.8, 4) is 0 Å². The van der Waals surface area contributed by atoms with Crippen molar-refractivity contribution >= 4 is 32.9 Å². The van der Waals surface area contributed by atoms with E-state index in [-0.39, 0.29) is 29.7 Å². The maximum absolute atomic E-state index is 13.3. The van der Waals surface area contributed by atoms with Gasteiger partial charge >= 0.3 is 0 Å². The molecule has 5 aromatic rings. The number of carbonyl (C=O) groups excluding carboxylic acids is 1. The summed E-state index contributed by atoms with van der Waals surface area (Å²) < 4.78 is 36.1. The quantitative estimate of drug-likeness (QED) is 0.127. The van der Waals surface area contributed by atoms with Crippen molar-refractivity contribution in [2.75, 3.05) is 4.72 Å². The number of nitrogens with zero attached hydrogens (tertiary/aromatic N) is 2. The SMILES string of the molecule is CCC(C1=C(O)CC(c2ccccc2)(c2ccccc2)OC1CC=O)c1cccc(NS(=O)(=O)c2ncc3ccccc3n2)c1. The maximum atomic E-state index is 13.3. The van der Waals surface area contributed by atoms with E-state index in [1.54, 1.807) is 30.3 Å². The van der Waals surface area contributed by atoms with Gasteiger partial charge in [-0.2, -0.15) is 8.42 Å². The van der Waals surface area contributed by atoms with Crippen LogP contribution in [0.25, 0.3) is 10.9 Å². The number of benzene rings is 4. The van der Waals surface area contributed by atoms with Crippen LogP contribution < -0.4 is 4.72 Å².